The maximum absolute atomic E-state index is 13.2. The van der Waals surface area contributed by atoms with Crippen LogP contribution in [-0.2, 0) is 14.4 Å². The van der Waals surface area contributed by atoms with Crippen molar-refractivity contribution in [1.82, 2.24) is 5.32 Å². The van der Waals surface area contributed by atoms with Gasteiger partial charge in [0.05, 0.1) is 27.2 Å². The Morgan fingerprint density at radius 1 is 0.927 bits per heavy atom. The second-order valence-corrected chi connectivity index (χ2v) is 10.9. The molecule has 4 amide bonds. The van der Waals surface area contributed by atoms with Crippen molar-refractivity contribution >= 4 is 76.0 Å². The largest absolute Gasteiger partial charge is 0.465 e. The number of nitrogens with one attached hydrogen (secondary N) is 2. The van der Waals surface area contributed by atoms with Crippen LogP contribution in [0.5, 0.6) is 0 Å². The summed E-state index contributed by atoms with van der Waals surface area (Å²) in [6.45, 7) is 0. The molecule has 0 spiro atoms. The van der Waals surface area contributed by atoms with Crippen LogP contribution in [0, 0.1) is 0 Å². The number of imide groups is 1. The summed E-state index contributed by atoms with van der Waals surface area (Å²) in [7, 11) is 0. The Morgan fingerprint density at radius 2 is 1.66 bits per heavy atom. The maximum Gasteiger partial charge on any atom is 0.272 e. The summed E-state index contributed by atoms with van der Waals surface area (Å²) in [5.74, 6) is -1.51. The standard InChI is InChI=1S/C30H21Cl2N3O5S/c31-22-12-5-13-23(32)27(22)35-26(36)17-25(30(35)39)41-21-11-4-9-19(15-21)33-29(38)24(16-20-10-6-14-40-20)34-28(37)18-7-2-1-3-8-18/h1-16,25H,17H2,(H,33,38)(H,34,37)/b24-16-/t25-/m1/s1. The van der Waals surface area contributed by atoms with Gasteiger partial charge in [0.15, 0.2) is 0 Å². The van der Waals surface area contributed by atoms with Crippen LogP contribution in [0.2, 0.25) is 10.0 Å². The summed E-state index contributed by atoms with van der Waals surface area (Å²) in [5.41, 5.74) is 0.938. The average molecular weight is 606 g/mol. The van der Waals surface area contributed by atoms with Gasteiger partial charge < -0.3 is 15.1 Å². The Morgan fingerprint density at radius 3 is 2.37 bits per heavy atom. The van der Waals surface area contributed by atoms with Crippen molar-refractivity contribution in [1.29, 1.82) is 0 Å². The van der Waals surface area contributed by atoms with Crippen molar-refractivity contribution in [3.63, 3.8) is 0 Å². The number of carbonyl (C=O) groups excluding carboxylic acids is 4. The fraction of sp³-hybridized carbons (Fsp3) is 0.0667. The van der Waals surface area contributed by atoms with Gasteiger partial charge in [-0.25, -0.2) is 4.90 Å². The summed E-state index contributed by atoms with van der Waals surface area (Å²) in [6, 6.07) is 23.4. The molecule has 1 fully saturated rings. The van der Waals surface area contributed by atoms with Crippen molar-refractivity contribution in [3.8, 4) is 0 Å². The predicted molar refractivity (Wildman–Crippen MR) is 159 cm³/mol. The Hall–Kier alpha value is -4.31. The highest BCUT2D eigenvalue weighted by Crippen LogP contribution is 2.40. The summed E-state index contributed by atoms with van der Waals surface area (Å²) in [5, 5.41) is 5.11. The lowest BCUT2D eigenvalue weighted by Gasteiger charge is -2.18. The van der Waals surface area contributed by atoms with Gasteiger partial charge >= 0.3 is 0 Å². The van der Waals surface area contributed by atoms with Gasteiger partial charge in [-0.3, -0.25) is 19.2 Å². The average Bonchev–Trinajstić information content (AvgIpc) is 3.57. The van der Waals surface area contributed by atoms with Crippen LogP contribution in [0.15, 0.2) is 106 Å². The number of benzene rings is 3. The van der Waals surface area contributed by atoms with Gasteiger partial charge in [0.2, 0.25) is 11.8 Å². The normalized spacial score (nSPS) is 15.2. The van der Waals surface area contributed by atoms with Crippen LogP contribution in [0.1, 0.15) is 22.5 Å². The lowest BCUT2D eigenvalue weighted by molar-refractivity contribution is -0.121. The molecule has 0 unspecified atom stereocenters. The van der Waals surface area contributed by atoms with Gasteiger partial charge in [0.1, 0.15) is 11.5 Å². The zero-order valence-electron chi connectivity index (χ0n) is 21.2. The molecule has 3 aromatic carbocycles. The molecule has 0 aliphatic carbocycles. The van der Waals surface area contributed by atoms with Crippen LogP contribution in [-0.4, -0.2) is 28.9 Å². The second kappa shape index (κ2) is 12.5. The van der Waals surface area contributed by atoms with Crippen molar-refractivity contribution in [2.45, 2.75) is 16.6 Å². The number of carbonyl (C=O) groups is 4. The molecule has 4 aromatic rings. The Balaban J connectivity index is 1.31. The Bertz CT molecular complexity index is 1640. The molecule has 1 aromatic heterocycles. The van der Waals surface area contributed by atoms with E-state index in [1.807, 2.05) is 0 Å². The van der Waals surface area contributed by atoms with E-state index < -0.39 is 28.9 Å². The van der Waals surface area contributed by atoms with Crippen LogP contribution in [0.4, 0.5) is 11.4 Å². The number of nitrogens with zero attached hydrogens (tertiary/aromatic N) is 1. The van der Waals surface area contributed by atoms with E-state index in [9.17, 15) is 19.2 Å². The molecule has 11 heteroatoms. The molecule has 2 N–H and O–H groups in total. The number of anilines is 2. The first-order chi connectivity index (χ1) is 19.8. The molecular formula is C30H21Cl2N3O5S. The molecular weight excluding hydrogens is 585 g/mol. The smallest absolute Gasteiger partial charge is 0.272 e. The van der Waals surface area contributed by atoms with Gasteiger partial charge in [-0.15, -0.1) is 11.8 Å². The van der Waals surface area contributed by atoms with Crippen LogP contribution in [0.25, 0.3) is 6.08 Å². The van der Waals surface area contributed by atoms with Crippen LogP contribution >= 0.6 is 35.0 Å². The molecule has 1 aliphatic heterocycles. The van der Waals surface area contributed by atoms with E-state index in [-0.39, 0.29) is 27.9 Å². The second-order valence-electron chi connectivity index (χ2n) is 8.82. The zero-order chi connectivity index (χ0) is 28.9. The van der Waals surface area contributed by atoms with Gasteiger partial charge in [-0.1, -0.05) is 53.5 Å². The van der Waals surface area contributed by atoms with Gasteiger partial charge in [-0.2, -0.15) is 0 Å². The molecule has 41 heavy (non-hydrogen) atoms. The fourth-order valence-electron chi connectivity index (χ4n) is 4.10. The van der Waals surface area contributed by atoms with Crippen molar-refractivity contribution in [2.24, 2.45) is 0 Å². The topological polar surface area (TPSA) is 109 Å². The molecule has 0 saturated carbocycles. The fourth-order valence-corrected chi connectivity index (χ4v) is 5.78. The SMILES string of the molecule is O=C(Nc1cccc(S[C@@H]2CC(=O)N(c3c(Cl)cccc3Cl)C2=O)c1)/C(=C/c1ccco1)NC(=O)c1ccccc1. The first kappa shape index (κ1) is 28.2. The van der Waals surface area contributed by atoms with E-state index in [2.05, 4.69) is 10.6 Å². The van der Waals surface area contributed by atoms with Crippen LogP contribution in [0.3, 0.4) is 0 Å². The van der Waals surface area contributed by atoms with E-state index in [0.717, 1.165) is 4.90 Å². The van der Waals surface area contributed by atoms with E-state index >= 15 is 0 Å². The zero-order valence-corrected chi connectivity index (χ0v) is 23.5. The minimum atomic E-state index is -0.708. The number of thioether (sulfide) groups is 1. The third-order valence-electron chi connectivity index (χ3n) is 6.00. The molecule has 1 atom stereocenters. The number of hydrogen-bond acceptors (Lipinski definition) is 6. The maximum atomic E-state index is 13.2. The summed E-state index contributed by atoms with van der Waals surface area (Å²) in [4.78, 5) is 53.6. The van der Waals surface area contributed by atoms with Crippen LogP contribution < -0.4 is 15.5 Å². The molecule has 206 valence electrons. The lowest BCUT2D eigenvalue weighted by Crippen LogP contribution is -2.31. The van der Waals surface area contributed by atoms with Gasteiger partial charge in [-0.05, 0) is 54.6 Å². The first-order valence-electron chi connectivity index (χ1n) is 12.3. The summed E-state index contributed by atoms with van der Waals surface area (Å²) in [6.07, 6.45) is 2.84. The number of rotatable bonds is 8. The molecule has 0 bridgehead atoms. The summed E-state index contributed by atoms with van der Waals surface area (Å²) < 4.78 is 5.33. The third kappa shape index (κ3) is 6.54. The van der Waals surface area contributed by atoms with E-state index in [1.165, 1.54) is 24.1 Å². The van der Waals surface area contributed by atoms with Crippen molar-refractivity contribution in [3.05, 3.63) is 118 Å². The molecule has 8 nitrogen and oxygen atoms in total. The van der Waals surface area contributed by atoms with Gasteiger partial charge in [0, 0.05) is 28.6 Å². The van der Waals surface area contributed by atoms with E-state index in [1.54, 1.807) is 84.9 Å². The molecule has 2 heterocycles. The first-order valence-corrected chi connectivity index (χ1v) is 13.9. The number of amides is 4. The van der Waals surface area contributed by atoms with E-state index in [4.69, 9.17) is 27.6 Å². The van der Waals surface area contributed by atoms with Crippen molar-refractivity contribution < 1.29 is 23.6 Å². The number of para-hydroxylation sites is 1. The third-order valence-corrected chi connectivity index (χ3v) is 7.78. The highest BCUT2D eigenvalue weighted by atomic mass is 35.5. The minimum Gasteiger partial charge on any atom is -0.465 e. The number of halogens is 2. The molecule has 1 aliphatic rings. The number of furan rings is 1. The molecule has 0 radical (unpaired) electrons. The predicted octanol–water partition coefficient (Wildman–Crippen LogP) is 6.42. The van der Waals surface area contributed by atoms with Crippen molar-refractivity contribution in [2.75, 3.05) is 10.2 Å². The molecule has 5 rings (SSSR count). The minimum absolute atomic E-state index is 0.0318. The quantitative estimate of drug-likeness (QED) is 0.177. The lowest BCUT2D eigenvalue weighted by atomic mass is 10.2. The Labute approximate surface area is 249 Å². The Kier molecular flexibility index (Phi) is 8.58. The van der Waals surface area contributed by atoms with Gasteiger partial charge in [0.25, 0.3) is 11.8 Å². The van der Waals surface area contributed by atoms with E-state index in [0.29, 0.717) is 21.9 Å². The summed E-state index contributed by atoms with van der Waals surface area (Å²) >= 11 is 13.7. The highest BCUT2D eigenvalue weighted by molar-refractivity contribution is 8.00. The monoisotopic (exact) mass is 605 g/mol. The molecule has 1 saturated heterocycles. The highest BCUT2D eigenvalue weighted by Gasteiger charge is 2.41. The number of hydrogen-bond donors (Lipinski definition) is 2.